The van der Waals surface area contributed by atoms with E-state index in [1.807, 2.05) is 23.0 Å². The highest BCUT2D eigenvalue weighted by Gasteiger charge is 2.13. The molecule has 0 saturated heterocycles. The molecule has 20 heavy (non-hydrogen) atoms. The van der Waals surface area contributed by atoms with E-state index in [-0.39, 0.29) is 0 Å². The summed E-state index contributed by atoms with van der Waals surface area (Å²) in [6.07, 6.45) is 6.17. The summed E-state index contributed by atoms with van der Waals surface area (Å²) in [5, 5.41) is 8.73. The first-order valence-corrected chi connectivity index (χ1v) is 7.61. The Labute approximate surface area is 126 Å². The van der Waals surface area contributed by atoms with Crippen LogP contribution in [0.5, 0.6) is 0 Å². The zero-order valence-corrected chi connectivity index (χ0v) is 12.9. The summed E-state index contributed by atoms with van der Waals surface area (Å²) < 4.78 is 2.02. The highest BCUT2D eigenvalue weighted by molar-refractivity contribution is 6.30. The summed E-state index contributed by atoms with van der Waals surface area (Å²) in [5.74, 6) is 0. The van der Waals surface area contributed by atoms with Gasteiger partial charge in [-0.15, -0.1) is 0 Å². The SMILES string of the molecule is CCCn1cc(C(Cc2ccc(Cl)cc2)NCC)cn1. The summed E-state index contributed by atoms with van der Waals surface area (Å²) in [7, 11) is 0. The molecular formula is C16H22ClN3. The van der Waals surface area contributed by atoms with E-state index >= 15 is 0 Å². The number of hydrogen-bond donors (Lipinski definition) is 1. The first-order valence-electron chi connectivity index (χ1n) is 7.23. The Morgan fingerprint density at radius 2 is 2.00 bits per heavy atom. The van der Waals surface area contributed by atoms with Crippen LogP contribution in [0.1, 0.15) is 37.4 Å². The van der Waals surface area contributed by atoms with Gasteiger partial charge in [-0.2, -0.15) is 5.10 Å². The maximum atomic E-state index is 5.94. The molecule has 0 radical (unpaired) electrons. The van der Waals surface area contributed by atoms with Gasteiger partial charge in [0.05, 0.1) is 6.20 Å². The Hall–Kier alpha value is -1.32. The van der Waals surface area contributed by atoms with Crippen LogP contribution in [0.3, 0.4) is 0 Å². The molecule has 0 aliphatic carbocycles. The van der Waals surface area contributed by atoms with E-state index in [2.05, 4.69) is 42.6 Å². The Morgan fingerprint density at radius 3 is 2.65 bits per heavy atom. The lowest BCUT2D eigenvalue weighted by atomic mass is 10.0. The molecule has 0 saturated carbocycles. The van der Waals surface area contributed by atoms with Gasteiger partial charge < -0.3 is 5.32 Å². The van der Waals surface area contributed by atoms with E-state index in [1.165, 1.54) is 11.1 Å². The second-order valence-electron chi connectivity index (χ2n) is 4.98. The normalized spacial score (nSPS) is 12.6. The second-order valence-corrected chi connectivity index (χ2v) is 5.41. The van der Waals surface area contributed by atoms with E-state index in [4.69, 9.17) is 11.6 Å². The summed E-state index contributed by atoms with van der Waals surface area (Å²) in [6.45, 7) is 6.21. The Kier molecular flexibility index (Phi) is 5.62. The summed E-state index contributed by atoms with van der Waals surface area (Å²) in [4.78, 5) is 0. The molecule has 1 unspecified atom stereocenters. The van der Waals surface area contributed by atoms with Gasteiger partial charge in [-0.1, -0.05) is 37.6 Å². The first kappa shape index (κ1) is 15.1. The third-order valence-electron chi connectivity index (χ3n) is 3.31. The van der Waals surface area contributed by atoms with Crippen LogP contribution in [0.4, 0.5) is 0 Å². The molecule has 2 aromatic rings. The molecule has 1 aromatic heterocycles. The van der Waals surface area contributed by atoms with Crippen LogP contribution in [0.2, 0.25) is 5.02 Å². The zero-order valence-electron chi connectivity index (χ0n) is 12.1. The number of likely N-dealkylation sites (N-methyl/N-ethyl adjacent to an activating group) is 1. The van der Waals surface area contributed by atoms with Gasteiger partial charge >= 0.3 is 0 Å². The monoisotopic (exact) mass is 291 g/mol. The molecule has 2 rings (SSSR count). The first-order chi connectivity index (χ1) is 9.72. The van der Waals surface area contributed by atoms with E-state index < -0.39 is 0 Å². The number of aromatic nitrogens is 2. The quantitative estimate of drug-likeness (QED) is 0.840. The van der Waals surface area contributed by atoms with Gasteiger partial charge in [0, 0.05) is 29.4 Å². The molecule has 1 heterocycles. The maximum Gasteiger partial charge on any atom is 0.0537 e. The zero-order chi connectivity index (χ0) is 14.4. The number of hydrogen-bond acceptors (Lipinski definition) is 2. The van der Waals surface area contributed by atoms with Crippen molar-refractivity contribution in [3.63, 3.8) is 0 Å². The van der Waals surface area contributed by atoms with Gasteiger partial charge in [-0.05, 0) is 37.1 Å². The van der Waals surface area contributed by atoms with E-state index in [9.17, 15) is 0 Å². The lowest BCUT2D eigenvalue weighted by molar-refractivity contribution is 0.547. The van der Waals surface area contributed by atoms with Gasteiger partial charge in [-0.25, -0.2) is 0 Å². The van der Waals surface area contributed by atoms with Gasteiger partial charge in [0.2, 0.25) is 0 Å². The molecule has 1 aromatic carbocycles. The molecule has 0 spiro atoms. The minimum Gasteiger partial charge on any atom is -0.310 e. The second kappa shape index (κ2) is 7.46. The molecule has 0 amide bonds. The Morgan fingerprint density at radius 1 is 1.25 bits per heavy atom. The number of benzene rings is 1. The van der Waals surface area contributed by atoms with Crippen molar-refractivity contribution in [2.24, 2.45) is 0 Å². The fraction of sp³-hybridized carbons (Fsp3) is 0.438. The maximum absolute atomic E-state index is 5.94. The van der Waals surface area contributed by atoms with Crippen LogP contribution in [0, 0.1) is 0 Å². The van der Waals surface area contributed by atoms with Crippen molar-refractivity contribution in [1.29, 1.82) is 0 Å². The number of nitrogens with one attached hydrogen (secondary N) is 1. The van der Waals surface area contributed by atoms with Crippen molar-refractivity contribution >= 4 is 11.6 Å². The van der Waals surface area contributed by atoms with Gasteiger partial charge in [0.25, 0.3) is 0 Å². The molecule has 0 fully saturated rings. The number of halogens is 1. The predicted octanol–water partition coefficient (Wildman–Crippen LogP) is 3.84. The van der Waals surface area contributed by atoms with Gasteiger partial charge in [0.15, 0.2) is 0 Å². The lowest BCUT2D eigenvalue weighted by Gasteiger charge is -2.16. The molecule has 4 heteroatoms. The third kappa shape index (κ3) is 4.09. The van der Waals surface area contributed by atoms with Crippen LogP contribution >= 0.6 is 11.6 Å². The van der Waals surface area contributed by atoms with Gasteiger partial charge in [0.1, 0.15) is 0 Å². The van der Waals surface area contributed by atoms with Crippen LogP contribution in [0.15, 0.2) is 36.7 Å². The Bertz CT molecular complexity index is 519. The largest absolute Gasteiger partial charge is 0.310 e. The van der Waals surface area contributed by atoms with E-state index in [1.54, 1.807) is 0 Å². The topological polar surface area (TPSA) is 29.9 Å². The number of aryl methyl sites for hydroxylation is 1. The van der Waals surface area contributed by atoms with Crippen molar-refractivity contribution in [3.05, 3.63) is 52.8 Å². The number of rotatable bonds is 7. The summed E-state index contributed by atoms with van der Waals surface area (Å²) >= 11 is 5.94. The summed E-state index contributed by atoms with van der Waals surface area (Å²) in [6, 6.07) is 8.36. The fourth-order valence-corrected chi connectivity index (χ4v) is 2.45. The van der Waals surface area contributed by atoms with Crippen LogP contribution in [0.25, 0.3) is 0 Å². The van der Waals surface area contributed by atoms with E-state index in [0.29, 0.717) is 6.04 Å². The smallest absolute Gasteiger partial charge is 0.0537 e. The van der Waals surface area contributed by atoms with Gasteiger partial charge in [-0.3, -0.25) is 4.68 Å². The molecular weight excluding hydrogens is 270 g/mol. The molecule has 3 nitrogen and oxygen atoms in total. The molecule has 0 aliphatic rings. The minimum absolute atomic E-state index is 0.298. The molecule has 1 atom stereocenters. The summed E-state index contributed by atoms with van der Waals surface area (Å²) in [5.41, 5.74) is 2.53. The van der Waals surface area contributed by atoms with Crippen LogP contribution in [-0.4, -0.2) is 16.3 Å². The number of nitrogens with zero attached hydrogens (tertiary/aromatic N) is 2. The molecule has 0 bridgehead atoms. The third-order valence-corrected chi connectivity index (χ3v) is 3.56. The molecule has 1 N–H and O–H groups in total. The van der Waals surface area contributed by atoms with Crippen molar-refractivity contribution in [2.75, 3.05) is 6.54 Å². The highest BCUT2D eigenvalue weighted by atomic mass is 35.5. The standard InChI is InChI=1S/C16H22ClN3/c1-3-9-20-12-14(11-19-20)16(18-4-2)10-13-5-7-15(17)8-6-13/h5-8,11-12,16,18H,3-4,9-10H2,1-2H3. The average Bonchev–Trinajstić information content (AvgIpc) is 2.90. The van der Waals surface area contributed by atoms with Crippen molar-refractivity contribution in [1.82, 2.24) is 15.1 Å². The van der Waals surface area contributed by atoms with E-state index in [0.717, 1.165) is 31.0 Å². The predicted molar refractivity (Wildman–Crippen MR) is 84.1 cm³/mol. The van der Waals surface area contributed by atoms with Crippen molar-refractivity contribution in [3.8, 4) is 0 Å². The van der Waals surface area contributed by atoms with Crippen LogP contribution in [-0.2, 0) is 13.0 Å². The average molecular weight is 292 g/mol. The lowest BCUT2D eigenvalue weighted by Crippen LogP contribution is -2.22. The highest BCUT2D eigenvalue weighted by Crippen LogP contribution is 2.19. The fourth-order valence-electron chi connectivity index (χ4n) is 2.32. The molecule has 108 valence electrons. The van der Waals surface area contributed by atoms with Crippen molar-refractivity contribution in [2.45, 2.75) is 39.3 Å². The molecule has 0 aliphatic heterocycles. The minimum atomic E-state index is 0.298. The van der Waals surface area contributed by atoms with Crippen molar-refractivity contribution < 1.29 is 0 Å². The van der Waals surface area contributed by atoms with Crippen LogP contribution < -0.4 is 5.32 Å². The Balaban J connectivity index is 2.10.